The van der Waals surface area contributed by atoms with Crippen molar-refractivity contribution in [1.82, 2.24) is 15.2 Å². The minimum atomic E-state index is -0.976. The molecule has 0 spiro atoms. The van der Waals surface area contributed by atoms with E-state index < -0.39 is 5.97 Å². The van der Waals surface area contributed by atoms with E-state index in [1.807, 2.05) is 24.5 Å². The topological polar surface area (TPSA) is 76.0 Å². The lowest BCUT2D eigenvalue weighted by Gasteiger charge is -2.06. The van der Waals surface area contributed by atoms with Gasteiger partial charge in [-0.3, -0.25) is 0 Å². The molecule has 2 heterocycles. The Morgan fingerprint density at radius 1 is 1.19 bits per heavy atom. The molecule has 106 valence electrons. The van der Waals surface area contributed by atoms with Gasteiger partial charge in [-0.05, 0) is 18.0 Å². The summed E-state index contributed by atoms with van der Waals surface area (Å²) in [6, 6.07) is 7.35. The van der Waals surface area contributed by atoms with Crippen molar-refractivity contribution in [2.75, 3.05) is 6.26 Å². The van der Waals surface area contributed by atoms with E-state index in [4.69, 9.17) is 0 Å². The Kier molecular flexibility index (Phi) is 4.09. The Morgan fingerprint density at radius 3 is 2.57 bits per heavy atom. The number of thioether (sulfide) groups is 1. The zero-order valence-corrected chi connectivity index (χ0v) is 13.3. The van der Waals surface area contributed by atoms with Crippen LogP contribution in [0.15, 0.2) is 44.2 Å². The fourth-order valence-corrected chi connectivity index (χ4v) is 4.27. The third-order valence-corrected chi connectivity index (χ3v) is 5.70. The Balaban J connectivity index is 2.07. The number of rotatable bonds is 4. The number of hydrogen-bond donors (Lipinski definition) is 1. The van der Waals surface area contributed by atoms with E-state index in [0.29, 0.717) is 5.39 Å². The predicted octanol–water partition coefficient (Wildman–Crippen LogP) is 3.66. The third kappa shape index (κ3) is 2.87. The van der Waals surface area contributed by atoms with Gasteiger partial charge in [0.05, 0.1) is 5.56 Å². The minimum Gasteiger partial charge on any atom is -0.478 e. The summed E-state index contributed by atoms with van der Waals surface area (Å²) in [4.78, 5) is 15.5. The largest absolute Gasteiger partial charge is 0.478 e. The molecule has 0 fully saturated rings. The number of aromatic carboxylic acids is 1. The summed E-state index contributed by atoms with van der Waals surface area (Å²) in [7, 11) is 0. The number of carboxylic acid groups (broad SMARTS) is 1. The van der Waals surface area contributed by atoms with Crippen LogP contribution in [0, 0.1) is 0 Å². The highest BCUT2D eigenvalue weighted by molar-refractivity contribution is 8.03. The van der Waals surface area contributed by atoms with E-state index in [1.54, 1.807) is 17.8 Å². The first-order valence-corrected chi connectivity index (χ1v) is 8.71. The molecule has 1 N–H and O–H groups in total. The second-order valence-corrected chi connectivity index (χ2v) is 7.23. The standard InChI is InChI=1S/C13H9N3O2S3/c1-19-12-15-16-13(21-12)20-10-8-5-3-2-4-7(8)9(6-14-10)11(17)18/h2-6H,1H3,(H,17,18). The van der Waals surface area contributed by atoms with Gasteiger partial charge >= 0.3 is 5.97 Å². The Labute approximate surface area is 132 Å². The zero-order chi connectivity index (χ0) is 14.8. The van der Waals surface area contributed by atoms with Crippen molar-refractivity contribution in [2.45, 2.75) is 13.7 Å². The molecule has 0 bridgehead atoms. The van der Waals surface area contributed by atoms with Gasteiger partial charge in [-0.1, -0.05) is 47.4 Å². The molecule has 5 nitrogen and oxygen atoms in total. The summed E-state index contributed by atoms with van der Waals surface area (Å²) in [5.41, 5.74) is 0.206. The lowest BCUT2D eigenvalue weighted by molar-refractivity contribution is 0.0698. The van der Waals surface area contributed by atoms with E-state index >= 15 is 0 Å². The van der Waals surface area contributed by atoms with Crippen LogP contribution in [0.25, 0.3) is 10.8 Å². The molecule has 2 aromatic heterocycles. The molecule has 1 aromatic carbocycles. The fraction of sp³-hybridized carbons (Fsp3) is 0.0769. The number of nitrogens with zero attached hydrogens (tertiary/aromatic N) is 3. The summed E-state index contributed by atoms with van der Waals surface area (Å²) < 4.78 is 1.68. The van der Waals surface area contributed by atoms with E-state index in [-0.39, 0.29) is 5.56 Å². The molecule has 0 aliphatic carbocycles. The van der Waals surface area contributed by atoms with Crippen molar-refractivity contribution in [2.24, 2.45) is 0 Å². The van der Waals surface area contributed by atoms with Crippen molar-refractivity contribution in [1.29, 1.82) is 0 Å². The van der Waals surface area contributed by atoms with Gasteiger partial charge in [0.25, 0.3) is 0 Å². The van der Waals surface area contributed by atoms with E-state index in [1.165, 1.54) is 29.3 Å². The maximum absolute atomic E-state index is 11.3. The van der Waals surface area contributed by atoms with Gasteiger partial charge in [0.1, 0.15) is 5.03 Å². The van der Waals surface area contributed by atoms with Gasteiger partial charge < -0.3 is 5.11 Å². The molecule has 3 aromatic rings. The number of carbonyl (C=O) groups is 1. The van der Waals surface area contributed by atoms with E-state index in [2.05, 4.69) is 15.2 Å². The second-order valence-electron chi connectivity index (χ2n) is 3.97. The van der Waals surface area contributed by atoms with Crippen molar-refractivity contribution >= 4 is 51.6 Å². The highest BCUT2D eigenvalue weighted by Gasteiger charge is 2.14. The molecule has 21 heavy (non-hydrogen) atoms. The zero-order valence-electron chi connectivity index (χ0n) is 10.8. The summed E-state index contributed by atoms with van der Waals surface area (Å²) in [6.07, 6.45) is 3.34. The van der Waals surface area contributed by atoms with Crippen molar-refractivity contribution in [3.8, 4) is 0 Å². The number of benzene rings is 1. The molecule has 3 rings (SSSR count). The molecule has 0 aliphatic rings. The van der Waals surface area contributed by atoms with Crippen LogP contribution in [-0.4, -0.2) is 32.5 Å². The Bertz CT molecular complexity index is 819. The lowest BCUT2D eigenvalue weighted by atomic mass is 10.1. The second kappa shape index (κ2) is 6.00. The number of carboxylic acids is 1. The van der Waals surface area contributed by atoms with Crippen LogP contribution < -0.4 is 0 Å². The van der Waals surface area contributed by atoms with Crippen molar-refractivity contribution in [3.05, 3.63) is 36.0 Å². The fourth-order valence-electron chi connectivity index (χ4n) is 1.82. The lowest BCUT2D eigenvalue weighted by Crippen LogP contribution is -1.99. The monoisotopic (exact) mass is 335 g/mol. The maximum Gasteiger partial charge on any atom is 0.337 e. The van der Waals surface area contributed by atoms with Crippen molar-refractivity contribution in [3.63, 3.8) is 0 Å². The van der Waals surface area contributed by atoms with Gasteiger partial charge in [-0.15, -0.1) is 10.2 Å². The number of hydrogen-bond acceptors (Lipinski definition) is 7. The first-order chi connectivity index (χ1) is 10.2. The van der Waals surface area contributed by atoms with Gasteiger partial charge in [-0.25, -0.2) is 9.78 Å². The first-order valence-electron chi connectivity index (χ1n) is 5.85. The van der Waals surface area contributed by atoms with Crippen LogP contribution in [0.2, 0.25) is 0 Å². The molecule has 0 aliphatic heterocycles. The molecule has 0 saturated carbocycles. The average Bonchev–Trinajstić information content (AvgIpc) is 2.95. The molecule has 0 amide bonds. The van der Waals surface area contributed by atoms with Gasteiger partial charge in [0.2, 0.25) is 0 Å². The van der Waals surface area contributed by atoms with Gasteiger partial charge in [0, 0.05) is 17.0 Å². The first kappa shape index (κ1) is 14.3. The van der Waals surface area contributed by atoms with Crippen LogP contribution in [0.4, 0.5) is 0 Å². The van der Waals surface area contributed by atoms with Gasteiger partial charge in [0.15, 0.2) is 8.68 Å². The summed E-state index contributed by atoms with van der Waals surface area (Å²) in [5.74, 6) is -0.976. The molecule has 8 heteroatoms. The van der Waals surface area contributed by atoms with Crippen LogP contribution in [0.5, 0.6) is 0 Å². The Hall–Kier alpha value is -1.64. The molecular weight excluding hydrogens is 326 g/mol. The van der Waals surface area contributed by atoms with Crippen LogP contribution in [0.1, 0.15) is 10.4 Å². The average molecular weight is 335 g/mol. The molecule has 0 radical (unpaired) electrons. The minimum absolute atomic E-state index is 0.206. The van der Waals surface area contributed by atoms with E-state index in [0.717, 1.165) is 19.1 Å². The smallest absolute Gasteiger partial charge is 0.337 e. The number of aromatic nitrogens is 3. The van der Waals surface area contributed by atoms with Crippen molar-refractivity contribution < 1.29 is 9.90 Å². The third-order valence-electron chi connectivity index (χ3n) is 2.74. The Morgan fingerprint density at radius 2 is 1.90 bits per heavy atom. The van der Waals surface area contributed by atoms with Gasteiger partial charge in [-0.2, -0.15) is 0 Å². The highest BCUT2D eigenvalue weighted by Crippen LogP contribution is 2.35. The molecule has 0 saturated heterocycles. The summed E-state index contributed by atoms with van der Waals surface area (Å²) in [5, 5.41) is 19.6. The normalized spacial score (nSPS) is 10.9. The van der Waals surface area contributed by atoms with Crippen LogP contribution in [-0.2, 0) is 0 Å². The molecular formula is C13H9N3O2S3. The number of fused-ring (bicyclic) bond motifs is 1. The predicted molar refractivity (Wildman–Crippen MR) is 84.5 cm³/mol. The summed E-state index contributed by atoms with van der Waals surface area (Å²) in [6.45, 7) is 0. The van der Waals surface area contributed by atoms with E-state index in [9.17, 15) is 9.90 Å². The quantitative estimate of drug-likeness (QED) is 0.729. The van der Waals surface area contributed by atoms with Crippen LogP contribution >= 0.6 is 34.9 Å². The summed E-state index contributed by atoms with van der Waals surface area (Å²) >= 11 is 4.44. The van der Waals surface area contributed by atoms with Crippen LogP contribution in [0.3, 0.4) is 0 Å². The molecule has 0 unspecified atom stereocenters. The molecule has 0 atom stereocenters. The SMILES string of the molecule is CSc1nnc(Sc2ncc(C(=O)O)c3ccccc23)s1. The number of pyridine rings is 1. The maximum atomic E-state index is 11.3. The highest BCUT2D eigenvalue weighted by atomic mass is 32.2.